The normalized spacial score (nSPS) is 13.4. The first-order valence-electron chi connectivity index (χ1n) is 5.47. The van der Waals surface area contributed by atoms with E-state index in [0.717, 1.165) is 18.2 Å². The fourth-order valence-electron chi connectivity index (χ4n) is 1.61. The van der Waals surface area contributed by atoms with Gasteiger partial charge in [-0.15, -0.1) is 5.10 Å². The van der Waals surface area contributed by atoms with E-state index in [4.69, 9.17) is 5.73 Å². The van der Waals surface area contributed by atoms with Crippen LogP contribution in [0, 0.1) is 0 Å². The molecule has 0 amide bonds. The van der Waals surface area contributed by atoms with Crippen molar-refractivity contribution in [1.82, 2.24) is 15.0 Å². The molecule has 9 heteroatoms. The van der Waals surface area contributed by atoms with Crippen LogP contribution in [0.5, 0.6) is 0 Å². The maximum Gasteiger partial charge on any atom is 0.416 e. The topological polar surface area (TPSA) is 73.8 Å². The minimum atomic E-state index is -4.47. The smallest absolute Gasteiger partial charge is 0.398 e. The zero-order valence-corrected chi connectivity index (χ0v) is 11.2. The van der Waals surface area contributed by atoms with Gasteiger partial charge in [0, 0.05) is 18.9 Å². The molecule has 5 nitrogen and oxygen atoms in total. The summed E-state index contributed by atoms with van der Waals surface area (Å²) < 4.78 is 51.0. The van der Waals surface area contributed by atoms with Crippen molar-refractivity contribution in [2.24, 2.45) is 7.05 Å². The van der Waals surface area contributed by atoms with Gasteiger partial charge in [-0.25, -0.2) is 0 Å². The number of hydrogen-bond acceptors (Lipinski definition) is 4. The van der Waals surface area contributed by atoms with Gasteiger partial charge in [-0.05, 0) is 18.2 Å². The van der Waals surface area contributed by atoms with Crippen molar-refractivity contribution in [2.75, 3.05) is 5.73 Å². The van der Waals surface area contributed by atoms with Crippen LogP contribution in [0.4, 0.5) is 18.9 Å². The quantitative estimate of drug-likeness (QED) is 0.876. The maximum atomic E-state index is 12.5. The number of nitrogens with two attached hydrogens (primary N) is 1. The summed E-state index contributed by atoms with van der Waals surface area (Å²) in [5.74, 6) is 0.0450. The summed E-state index contributed by atoms with van der Waals surface area (Å²) in [6.45, 7) is 0. The number of anilines is 1. The molecule has 0 saturated heterocycles. The lowest BCUT2D eigenvalue weighted by Gasteiger charge is -2.10. The third-order valence-electron chi connectivity index (χ3n) is 2.51. The molecule has 1 aromatic heterocycles. The third-order valence-corrected chi connectivity index (χ3v) is 3.93. The summed E-state index contributed by atoms with van der Waals surface area (Å²) >= 11 is 0. The predicted molar refractivity (Wildman–Crippen MR) is 67.0 cm³/mol. The highest BCUT2D eigenvalue weighted by molar-refractivity contribution is 7.84. The van der Waals surface area contributed by atoms with Crippen molar-refractivity contribution in [3.63, 3.8) is 0 Å². The third kappa shape index (κ3) is 3.16. The first-order chi connectivity index (χ1) is 9.27. The van der Waals surface area contributed by atoms with Crippen LogP contribution in [0.15, 0.2) is 29.3 Å². The molecular weight excluding hydrogens is 293 g/mol. The monoisotopic (exact) mass is 304 g/mol. The first kappa shape index (κ1) is 14.5. The molecule has 0 fully saturated rings. The van der Waals surface area contributed by atoms with Crippen LogP contribution >= 0.6 is 0 Å². The summed E-state index contributed by atoms with van der Waals surface area (Å²) in [6.07, 6.45) is -2.89. The molecule has 2 rings (SSSR count). The minimum Gasteiger partial charge on any atom is -0.398 e. The number of rotatable bonds is 3. The molecule has 0 bridgehead atoms. The summed E-state index contributed by atoms with van der Waals surface area (Å²) in [5, 5.41) is 7.45. The summed E-state index contributed by atoms with van der Waals surface area (Å²) in [4.78, 5) is 0.156. The largest absolute Gasteiger partial charge is 0.416 e. The van der Waals surface area contributed by atoms with Gasteiger partial charge in [-0.2, -0.15) is 13.2 Å². The molecule has 0 radical (unpaired) electrons. The van der Waals surface area contributed by atoms with E-state index >= 15 is 0 Å². The average molecular weight is 304 g/mol. The Kier molecular flexibility index (Phi) is 3.80. The van der Waals surface area contributed by atoms with Gasteiger partial charge in [0.2, 0.25) is 0 Å². The van der Waals surface area contributed by atoms with Gasteiger partial charge in [0.1, 0.15) is 0 Å². The molecule has 0 aliphatic carbocycles. The Hall–Kier alpha value is -1.90. The second-order valence-electron chi connectivity index (χ2n) is 4.12. The molecule has 1 unspecified atom stereocenters. The molecule has 1 heterocycles. The second kappa shape index (κ2) is 5.23. The number of hydrogen-bond donors (Lipinski definition) is 1. The minimum absolute atomic E-state index is 0.0450. The Bertz CT molecular complexity index is 653. The zero-order valence-electron chi connectivity index (χ0n) is 10.4. The van der Waals surface area contributed by atoms with Gasteiger partial charge in [0.15, 0.2) is 0 Å². The zero-order chi connectivity index (χ0) is 14.9. The lowest BCUT2D eigenvalue weighted by atomic mass is 10.2. The fourth-order valence-corrected chi connectivity index (χ4v) is 2.70. The van der Waals surface area contributed by atoms with Crippen molar-refractivity contribution < 1.29 is 17.4 Å². The highest BCUT2D eigenvalue weighted by atomic mass is 32.2. The van der Waals surface area contributed by atoms with E-state index in [2.05, 4.69) is 10.3 Å². The Morgan fingerprint density at radius 1 is 1.40 bits per heavy atom. The number of halogens is 3. The van der Waals surface area contributed by atoms with E-state index in [0.29, 0.717) is 5.69 Å². The lowest BCUT2D eigenvalue weighted by Crippen LogP contribution is -2.08. The van der Waals surface area contributed by atoms with Gasteiger partial charge >= 0.3 is 6.18 Å². The Morgan fingerprint density at radius 2 is 2.10 bits per heavy atom. The Morgan fingerprint density at radius 3 is 2.60 bits per heavy atom. The van der Waals surface area contributed by atoms with E-state index in [-0.39, 0.29) is 16.3 Å². The maximum absolute atomic E-state index is 12.5. The Balaban J connectivity index is 2.22. The van der Waals surface area contributed by atoms with E-state index in [1.165, 1.54) is 4.68 Å². The highest BCUT2D eigenvalue weighted by Crippen LogP contribution is 2.32. The van der Waals surface area contributed by atoms with Crippen LogP contribution in [0.3, 0.4) is 0 Å². The molecule has 0 saturated carbocycles. The van der Waals surface area contributed by atoms with Crippen LogP contribution in [0.1, 0.15) is 11.3 Å². The van der Waals surface area contributed by atoms with Gasteiger partial charge in [0.25, 0.3) is 0 Å². The molecule has 0 aliphatic heterocycles. The van der Waals surface area contributed by atoms with Gasteiger partial charge in [0.05, 0.1) is 32.7 Å². The number of nitrogens with zero attached hydrogens (tertiary/aromatic N) is 3. The standard InChI is InChI=1S/C11H11F3N4OS/c1-18-5-8(16-17-18)6-20(19)10-3-2-7(4-9(10)15)11(12,13)14/h2-5H,6,15H2,1H3. The molecule has 2 aromatic rings. The first-order valence-corrected chi connectivity index (χ1v) is 6.79. The number of benzene rings is 1. The van der Waals surface area contributed by atoms with Crippen molar-refractivity contribution in [3.05, 3.63) is 35.7 Å². The van der Waals surface area contributed by atoms with Gasteiger partial charge < -0.3 is 5.73 Å². The number of aryl methyl sites for hydroxylation is 1. The highest BCUT2D eigenvalue weighted by Gasteiger charge is 2.31. The molecule has 2 N–H and O–H groups in total. The van der Waals surface area contributed by atoms with Crippen molar-refractivity contribution in [3.8, 4) is 0 Å². The molecule has 0 aliphatic rings. The molecule has 0 spiro atoms. The molecular formula is C11H11F3N4OS. The SMILES string of the molecule is Cn1cc(CS(=O)c2ccc(C(F)(F)F)cc2N)nn1. The van der Waals surface area contributed by atoms with Gasteiger partial charge in [-0.1, -0.05) is 5.21 Å². The van der Waals surface area contributed by atoms with Crippen molar-refractivity contribution in [2.45, 2.75) is 16.8 Å². The second-order valence-corrected chi connectivity index (χ2v) is 5.54. The molecule has 1 aromatic carbocycles. The number of alkyl halides is 3. The van der Waals surface area contributed by atoms with Gasteiger partial charge in [-0.3, -0.25) is 8.89 Å². The van der Waals surface area contributed by atoms with Crippen LogP contribution in [0.2, 0.25) is 0 Å². The van der Waals surface area contributed by atoms with E-state index in [1.807, 2.05) is 0 Å². The summed E-state index contributed by atoms with van der Waals surface area (Å²) in [7, 11) is 0.0828. The molecule has 20 heavy (non-hydrogen) atoms. The average Bonchev–Trinajstić information content (AvgIpc) is 2.73. The summed E-state index contributed by atoms with van der Waals surface area (Å²) in [6, 6.07) is 2.77. The fraction of sp³-hybridized carbons (Fsp3) is 0.273. The number of nitrogen functional groups attached to an aromatic ring is 1. The van der Waals surface area contributed by atoms with Crippen LogP contribution in [0.25, 0.3) is 0 Å². The summed E-state index contributed by atoms with van der Waals surface area (Å²) in [5.41, 5.74) is 5.00. The van der Waals surface area contributed by atoms with Crippen LogP contribution in [-0.2, 0) is 29.8 Å². The number of aromatic nitrogens is 3. The van der Waals surface area contributed by atoms with Crippen LogP contribution < -0.4 is 5.73 Å². The van der Waals surface area contributed by atoms with E-state index in [9.17, 15) is 17.4 Å². The molecule has 1 atom stereocenters. The van der Waals surface area contributed by atoms with Crippen LogP contribution in [-0.4, -0.2) is 19.2 Å². The van der Waals surface area contributed by atoms with Crippen molar-refractivity contribution >= 4 is 16.5 Å². The van der Waals surface area contributed by atoms with E-state index < -0.39 is 22.5 Å². The van der Waals surface area contributed by atoms with E-state index in [1.54, 1.807) is 13.2 Å². The lowest BCUT2D eigenvalue weighted by molar-refractivity contribution is -0.137. The predicted octanol–water partition coefficient (Wildman–Crippen LogP) is 1.72. The van der Waals surface area contributed by atoms with Crippen molar-refractivity contribution in [1.29, 1.82) is 0 Å². The Labute approximate surface area is 115 Å². The molecule has 108 valence electrons.